The first-order valence-corrected chi connectivity index (χ1v) is 6.68. The smallest absolute Gasteiger partial charge is 0.320 e. The molecule has 0 aliphatic carbocycles. The van der Waals surface area contributed by atoms with Crippen molar-refractivity contribution in [1.29, 1.82) is 0 Å². The van der Waals surface area contributed by atoms with Gasteiger partial charge in [-0.1, -0.05) is 6.92 Å². The fourth-order valence-corrected chi connectivity index (χ4v) is 2.39. The Labute approximate surface area is 127 Å². The second kappa shape index (κ2) is 6.33. The minimum Gasteiger partial charge on any atom is -0.497 e. The first-order chi connectivity index (χ1) is 10.5. The van der Waals surface area contributed by atoms with Crippen LogP contribution in [0, 0.1) is 10.1 Å². The Kier molecular flexibility index (Phi) is 4.50. The van der Waals surface area contributed by atoms with Crippen LogP contribution in [0.25, 0.3) is 0 Å². The number of carbonyl (C=O) groups excluding carboxylic acids is 1. The monoisotopic (exact) mass is 307 g/mol. The second-order valence-corrected chi connectivity index (χ2v) is 4.61. The van der Waals surface area contributed by atoms with Crippen molar-refractivity contribution in [3.05, 3.63) is 45.3 Å². The number of nitrogens with zero attached hydrogens (tertiary/aromatic N) is 1. The molecule has 2 rings (SSSR count). The molecule has 0 fully saturated rings. The number of benzene rings is 1. The van der Waals surface area contributed by atoms with Crippen molar-refractivity contribution in [1.82, 2.24) is 10.6 Å². The van der Waals surface area contributed by atoms with Crippen LogP contribution in [-0.4, -0.2) is 25.2 Å². The van der Waals surface area contributed by atoms with E-state index in [-0.39, 0.29) is 11.4 Å². The van der Waals surface area contributed by atoms with E-state index in [0.29, 0.717) is 23.5 Å². The minimum absolute atomic E-state index is 0.103. The molecule has 0 bridgehead atoms. The Morgan fingerprint density at radius 3 is 2.59 bits per heavy atom. The number of allylic oxidation sites excluding steroid dienone is 1. The molecule has 8 nitrogen and oxygen atoms in total. The van der Waals surface area contributed by atoms with Gasteiger partial charge in [-0.3, -0.25) is 10.1 Å². The van der Waals surface area contributed by atoms with Crippen molar-refractivity contribution in [3.8, 4) is 11.5 Å². The molecule has 2 N–H and O–H groups in total. The zero-order valence-corrected chi connectivity index (χ0v) is 12.5. The SMILES string of the molecule is CCC1=C([N+](=O)[O-])[C@@H](c2cc(OC)ccc2OC)NC(=O)N1. The van der Waals surface area contributed by atoms with Gasteiger partial charge in [0, 0.05) is 5.56 Å². The summed E-state index contributed by atoms with van der Waals surface area (Å²) in [5, 5.41) is 16.5. The summed E-state index contributed by atoms with van der Waals surface area (Å²) in [4.78, 5) is 22.7. The number of ether oxygens (including phenoxy) is 2. The van der Waals surface area contributed by atoms with Crippen LogP contribution in [-0.2, 0) is 0 Å². The number of carbonyl (C=O) groups is 1. The molecule has 1 atom stereocenters. The molecule has 1 aliphatic rings. The standard InChI is InChI=1S/C14H17N3O5/c1-4-10-13(17(19)20)12(16-14(18)15-10)9-7-8(21-2)5-6-11(9)22-3/h5-7,12H,4H2,1-3H3,(H2,15,16,18)/t12-/m1/s1. The van der Waals surface area contributed by atoms with Crippen LogP contribution in [0.3, 0.4) is 0 Å². The number of urea groups is 1. The first-order valence-electron chi connectivity index (χ1n) is 6.68. The topological polar surface area (TPSA) is 103 Å². The summed E-state index contributed by atoms with van der Waals surface area (Å²) >= 11 is 0. The van der Waals surface area contributed by atoms with Crippen LogP contribution >= 0.6 is 0 Å². The molecule has 1 heterocycles. The van der Waals surface area contributed by atoms with Crippen molar-refractivity contribution in [2.24, 2.45) is 0 Å². The molecule has 118 valence electrons. The third-order valence-corrected chi connectivity index (χ3v) is 3.42. The van der Waals surface area contributed by atoms with E-state index in [1.165, 1.54) is 14.2 Å². The molecule has 1 aromatic rings. The van der Waals surface area contributed by atoms with Crippen LogP contribution in [0.1, 0.15) is 24.9 Å². The Balaban J connectivity index is 2.62. The predicted molar refractivity (Wildman–Crippen MR) is 78.3 cm³/mol. The number of hydrogen-bond acceptors (Lipinski definition) is 5. The zero-order valence-electron chi connectivity index (χ0n) is 12.5. The van der Waals surface area contributed by atoms with E-state index in [9.17, 15) is 14.9 Å². The average molecular weight is 307 g/mol. The van der Waals surface area contributed by atoms with Crippen LogP contribution in [0.4, 0.5) is 4.79 Å². The van der Waals surface area contributed by atoms with Crippen molar-refractivity contribution in [2.45, 2.75) is 19.4 Å². The quantitative estimate of drug-likeness (QED) is 0.639. The molecular weight excluding hydrogens is 290 g/mol. The summed E-state index contributed by atoms with van der Waals surface area (Å²) in [7, 11) is 2.96. The van der Waals surface area contributed by atoms with Gasteiger partial charge in [0.2, 0.25) is 0 Å². The number of amides is 2. The first kappa shape index (κ1) is 15.6. The molecule has 8 heteroatoms. The maximum atomic E-state index is 11.8. The Morgan fingerprint density at radius 2 is 2.05 bits per heavy atom. The maximum absolute atomic E-state index is 11.8. The Hall–Kier alpha value is -2.77. The number of methoxy groups -OCH3 is 2. The molecule has 0 radical (unpaired) electrons. The lowest BCUT2D eigenvalue weighted by atomic mass is 9.98. The molecule has 1 aliphatic heterocycles. The van der Waals surface area contributed by atoms with Gasteiger partial charge in [0.25, 0.3) is 5.70 Å². The summed E-state index contributed by atoms with van der Waals surface area (Å²) in [5.74, 6) is 0.951. The highest BCUT2D eigenvalue weighted by Crippen LogP contribution is 2.35. The van der Waals surface area contributed by atoms with Gasteiger partial charge in [-0.2, -0.15) is 0 Å². The van der Waals surface area contributed by atoms with Gasteiger partial charge in [-0.25, -0.2) is 4.79 Å². The maximum Gasteiger partial charge on any atom is 0.320 e. The molecule has 0 saturated heterocycles. The molecule has 0 saturated carbocycles. The van der Waals surface area contributed by atoms with Crippen molar-refractivity contribution < 1.29 is 19.2 Å². The lowest BCUT2D eigenvalue weighted by molar-refractivity contribution is -0.433. The Bertz CT molecular complexity index is 641. The Morgan fingerprint density at radius 1 is 1.32 bits per heavy atom. The van der Waals surface area contributed by atoms with E-state index < -0.39 is 17.0 Å². The van der Waals surface area contributed by atoms with E-state index in [2.05, 4.69) is 10.6 Å². The number of nitrogens with one attached hydrogen (secondary N) is 2. The highest BCUT2D eigenvalue weighted by molar-refractivity contribution is 5.78. The fourth-order valence-electron chi connectivity index (χ4n) is 2.39. The van der Waals surface area contributed by atoms with Crippen LogP contribution in [0.5, 0.6) is 11.5 Å². The van der Waals surface area contributed by atoms with Crippen molar-refractivity contribution in [2.75, 3.05) is 14.2 Å². The van der Waals surface area contributed by atoms with Gasteiger partial charge in [-0.05, 0) is 24.6 Å². The van der Waals surface area contributed by atoms with Crippen molar-refractivity contribution >= 4 is 6.03 Å². The third kappa shape index (κ3) is 2.80. The third-order valence-electron chi connectivity index (χ3n) is 3.42. The number of hydrogen-bond donors (Lipinski definition) is 2. The summed E-state index contributed by atoms with van der Waals surface area (Å²) in [6, 6.07) is 3.54. The summed E-state index contributed by atoms with van der Waals surface area (Å²) in [5.41, 5.74) is 0.645. The van der Waals surface area contributed by atoms with E-state index in [1.807, 2.05) is 0 Å². The number of rotatable bonds is 5. The number of nitro groups is 1. The van der Waals surface area contributed by atoms with Gasteiger partial charge in [-0.15, -0.1) is 0 Å². The predicted octanol–water partition coefficient (Wildman–Crippen LogP) is 1.96. The normalized spacial score (nSPS) is 17.6. The summed E-state index contributed by atoms with van der Waals surface area (Å²) in [6.45, 7) is 1.74. The minimum atomic E-state index is -0.913. The van der Waals surface area contributed by atoms with E-state index in [4.69, 9.17) is 9.47 Å². The zero-order chi connectivity index (χ0) is 16.3. The van der Waals surface area contributed by atoms with Gasteiger partial charge < -0.3 is 20.1 Å². The average Bonchev–Trinajstić information content (AvgIpc) is 2.52. The molecule has 2 amide bonds. The van der Waals surface area contributed by atoms with E-state index in [1.54, 1.807) is 25.1 Å². The highest BCUT2D eigenvalue weighted by atomic mass is 16.6. The molecular formula is C14H17N3O5. The van der Waals surface area contributed by atoms with Crippen LogP contribution < -0.4 is 20.1 Å². The van der Waals surface area contributed by atoms with Gasteiger partial charge in [0.1, 0.15) is 11.5 Å². The molecule has 0 aromatic heterocycles. The van der Waals surface area contributed by atoms with Crippen LogP contribution in [0.2, 0.25) is 0 Å². The fraction of sp³-hybridized carbons (Fsp3) is 0.357. The van der Waals surface area contributed by atoms with Crippen LogP contribution in [0.15, 0.2) is 29.6 Å². The molecule has 22 heavy (non-hydrogen) atoms. The van der Waals surface area contributed by atoms with Gasteiger partial charge >= 0.3 is 6.03 Å². The van der Waals surface area contributed by atoms with Crippen molar-refractivity contribution in [3.63, 3.8) is 0 Å². The summed E-state index contributed by atoms with van der Waals surface area (Å²) < 4.78 is 10.4. The van der Waals surface area contributed by atoms with E-state index >= 15 is 0 Å². The van der Waals surface area contributed by atoms with Gasteiger partial charge in [0.05, 0.1) is 24.8 Å². The highest BCUT2D eigenvalue weighted by Gasteiger charge is 2.38. The molecule has 0 unspecified atom stereocenters. The lowest BCUT2D eigenvalue weighted by Crippen LogP contribution is -2.45. The van der Waals surface area contributed by atoms with Gasteiger partial charge in [0.15, 0.2) is 6.04 Å². The largest absolute Gasteiger partial charge is 0.497 e. The van der Waals surface area contributed by atoms with E-state index in [0.717, 1.165) is 0 Å². The summed E-state index contributed by atoms with van der Waals surface area (Å²) in [6.07, 6.45) is 0.340. The lowest BCUT2D eigenvalue weighted by Gasteiger charge is -2.25. The second-order valence-electron chi connectivity index (χ2n) is 4.61. The molecule has 1 aromatic carbocycles. The molecule has 0 spiro atoms.